The first-order valence-corrected chi connectivity index (χ1v) is 12.6. The van der Waals surface area contributed by atoms with E-state index in [2.05, 4.69) is 19.9 Å². The molecule has 1 fully saturated rings. The molecule has 0 radical (unpaired) electrons. The highest BCUT2D eigenvalue weighted by molar-refractivity contribution is 5.80. The Morgan fingerprint density at radius 1 is 0.892 bits per heavy atom. The van der Waals surface area contributed by atoms with Crippen LogP contribution in [0.3, 0.4) is 0 Å². The van der Waals surface area contributed by atoms with Gasteiger partial charge in [-0.2, -0.15) is 4.98 Å². The van der Waals surface area contributed by atoms with Crippen LogP contribution in [0, 0.1) is 5.92 Å². The third kappa shape index (κ3) is 4.82. The number of nitrogens with one attached hydrogen (secondary N) is 1. The van der Waals surface area contributed by atoms with Crippen LogP contribution in [0.4, 0.5) is 6.01 Å². The first-order valence-electron chi connectivity index (χ1n) is 12.6. The fourth-order valence-corrected chi connectivity index (χ4v) is 4.98. The monoisotopic (exact) mass is 493 g/mol. The van der Waals surface area contributed by atoms with Gasteiger partial charge < -0.3 is 19.2 Å². The molecule has 0 aliphatic carbocycles. The summed E-state index contributed by atoms with van der Waals surface area (Å²) < 4.78 is 5.93. The first-order chi connectivity index (χ1) is 18.1. The fraction of sp³-hybridized carbons (Fsp3) is 0.241. The van der Waals surface area contributed by atoms with E-state index in [1.165, 1.54) is 0 Å². The molecule has 2 aromatic heterocycles. The molecule has 8 nitrogen and oxygen atoms in total. The van der Waals surface area contributed by atoms with Crippen molar-refractivity contribution in [1.82, 2.24) is 19.9 Å². The number of aromatic nitrogens is 3. The van der Waals surface area contributed by atoms with Gasteiger partial charge >= 0.3 is 0 Å². The maximum absolute atomic E-state index is 13.8. The van der Waals surface area contributed by atoms with Gasteiger partial charge in [0.25, 0.3) is 11.6 Å². The molecule has 3 aromatic carbocycles. The second kappa shape index (κ2) is 9.89. The number of oxazole rings is 1. The molecule has 1 aliphatic rings. The normalized spacial score (nSPS) is 14.3. The number of anilines is 1. The van der Waals surface area contributed by atoms with Crippen molar-refractivity contribution in [2.24, 2.45) is 5.92 Å². The van der Waals surface area contributed by atoms with E-state index < -0.39 is 0 Å². The van der Waals surface area contributed by atoms with E-state index in [0.29, 0.717) is 55.2 Å². The van der Waals surface area contributed by atoms with Crippen molar-refractivity contribution in [3.63, 3.8) is 0 Å². The van der Waals surface area contributed by atoms with Crippen molar-refractivity contribution >= 4 is 33.9 Å². The number of carbonyl (C=O) groups is 1. The molecule has 1 N–H and O–H groups in total. The summed E-state index contributed by atoms with van der Waals surface area (Å²) in [6.07, 6.45) is 1.40. The minimum atomic E-state index is -0.195. The van der Waals surface area contributed by atoms with Crippen LogP contribution in [-0.2, 0) is 17.9 Å². The van der Waals surface area contributed by atoms with Crippen molar-refractivity contribution in [3.8, 4) is 0 Å². The molecule has 0 bridgehead atoms. The highest BCUT2D eigenvalue weighted by Crippen LogP contribution is 2.28. The van der Waals surface area contributed by atoms with Crippen LogP contribution in [0.25, 0.3) is 22.0 Å². The number of H-pyrrole nitrogens is 1. The molecule has 186 valence electrons. The maximum atomic E-state index is 13.8. The molecule has 6 rings (SSSR count). The average molecular weight is 494 g/mol. The zero-order valence-corrected chi connectivity index (χ0v) is 20.3. The molecular weight excluding hydrogens is 466 g/mol. The van der Waals surface area contributed by atoms with Gasteiger partial charge in [-0.15, -0.1) is 0 Å². The smallest absolute Gasteiger partial charge is 0.298 e. The van der Waals surface area contributed by atoms with Gasteiger partial charge in [-0.05, 0) is 42.7 Å². The van der Waals surface area contributed by atoms with Gasteiger partial charge in [-0.3, -0.25) is 9.59 Å². The molecule has 5 aromatic rings. The quantitative estimate of drug-likeness (QED) is 0.374. The van der Waals surface area contributed by atoms with Crippen molar-refractivity contribution in [1.29, 1.82) is 0 Å². The SMILES string of the molecule is O=C(C1CCN(c2nc3ccccc3o2)CC1)N(Cc1ccccc1)Cc1nc2ccccc2c(=O)[nH]1. The minimum Gasteiger partial charge on any atom is -0.423 e. The summed E-state index contributed by atoms with van der Waals surface area (Å²) in [5.41, 5.74) is 3.06. The predicted octanol–water partition coefficient (Wildman–Crippen LogP) is 4.51. The van der Waals surface area contributed by atoms with Crippen LogP contribution in [0.2, 0.25) is 0 Å². The van der Waals surface area contributed by atoms with Gasteiger partial charge in [0.05, 0.1) is 17.4 Å². The molecule has 3 heterocycles. The third-order valence-corrected chi connectivity index (χ3v) is 6.93. The standard InChI is InChI=1S/C29H27N5O3/c35-27-22-10-4-5-11-23(22)30-26(32-27)19-34(18-20-8-2-1-3-9-20)28(36)21-14-16-33(17-15-21)29-31-24-12-6-7-13-25(24)37-29/h1-13,21H,14-19H2,(H,30,32,35). The highest BCUT2D eigenvalue weighted by Gasteiger charge is 2.30. The Morgan fingerprint density at radius 2 is 1.59 bits per heavy atom. The molecule has 37 heavy (non-hydrogen) atoms. The molecule has 1 amide bonds. The number of piperidine rings is 1. The number of para-hydroxylation sites is 3. The van der Waals surface area contributed by atoms with Crippen molar-refractivity contribution in [2.75, 3.05) is 18.0 Å². The Kier molecular flexibility index (Phi) is 6.14. The lowest BCUT2D eigenvalue weighted by molar-refractivity contribution is -0.137. The van der Waals surface area contributed by atoms with Crippen molar-refractivity contribution in [2.45, 2.75) is 25.9 Å². The first kappa shape index (κ1) is 23.0. The van der Waals surface area contributed by atoms with E-state index in [9.17, 15) is 9.59 Å². The van der Waals surface area contributed by atoms with E-state index in [4.69, 9.17) is 4.42 Å². The topological polar surface area (TPSA) is 95.3 Å². The van der Waals surface area contributed by atoms with Crippen LogP contribution < -0.4 is 10.5 Å². The second-order valence-electron chi connectivity index (χ2n) is 9.44. The van der Waals surface area contributed by atoms with Gasteiger partial charge in [-0.1, -0.05) is 54.6 Å². The van der Waals surface area contributed by atoms with Crippen LogP contribution in [0.5, 0.6) is 0 Å². The van der Waals surface area contributed by atoms with E-state index in [0.717, 1.165) is 16.7 Å². The number of nitrogens with zero attached hydrogens (tertiary/aromatic N) is 4. The van der Waals surface area contributed by atoms with Gasteiger partial charge in [0.1, 0.15) is 11.3 Å². The van der Waals surface area contributed by atoms with Crippen molar-refractivity contribution in [3.05, 3.63) is 101 Å². The molecule has 8 heteroatoms. The number of fused-ring (bicyclic) bond motifs is 2. The van der Waals surface area contributed by atoms with E-state index >= 15 is 0 Å². The van der Waals surface area contributed by atoms with Crippen molar-refractivity contribution < 1.29 is 9.21 Å². The van der Waals surface area contributed by atoms with Crippen LogP contribution in [-0.4, -0.2) is 38.8 Å². The van der Waals surface area contributed by atoms with Gasteiger partial charge in [-0.25, -0.2) is 4.98 Å². The van der Waals surface area contributed by atoms with Gasteiger partial charge in [0.15, 0.2) is 5.58 Å². The predicted molar refractivity (Wildman–Crippen MR) is 142 cm³/mol. The fourth-order valence-electron chi connectivity index (χ4n) is 4.98. The lowest BCUT2D eigenvalue weighted by Gasteiger charge is -2.33. The number of aromatic amines is 1. The summed E-state index contributed by atoms with van der Waals surface area (Å²) in [5.74, 6) is 0.422. The Morgan fingerprint density at radius 3 is 2.38 bits per heavy atom. The van der Waals surface area contributed by atoms with Crippen LogP contribution in [0.1, 0.15) is 24.2 Å². The van der Waals surface area contributed by atoms with Gasteiger partial charge in [0.2, 0.25) is 5.91 Å². The van der Waals surface area contributed by atoms with Crippen LogP contribution >= 0.6 is 0 Å². The number of hydrogen-bond acceptors (Lipinski definition) is 6. The lowest BCUT2D eigenvalue weighted by Crippen LogP contribution is -2.42. The Balaban J connectivity index is 1.21. The Hall–Kier alpha value is -4.46. The van der Waals surface area contributed by atoms with E-state index in [1.54, 1.807) is 6.07 Å². The summed E-state index contributed by atoms with van der Waals surface area (Å²) in [6.45, 7) is 2.06. The third-order valence-electron chi connectivity index (χ3n) is 6.93. The lowest BCUT2D eigenvalue weighted by atomic mass is 9.95. The van der Waals surface area contributed by atoms with Gasteiger partial charge in [0, 0.05) is 25.6 Å². The summed E-state index contributed by atoms with van der Waals surface area (Å²) in [6, 6.07) is 25.5. The largest absolute Gasteiger partial charge is 0.423 e. The number of rotatable bonds is 6. The zero-order valence-electron chi connectivity index (χ0n) is 20.3. The number of benzene rings is 3. The minimum absolute atomic E-state index is 0.0666. The summed E-state index contributed by atoms with van der Waals surface area (Å²) in [5, 5.41) is 0.541. The summed E-state index contributed by atoms with van der Waals surface area (Å²) in [7, 11) is 0. The Bertz CT molecular complexity index is 1570. The number of carbonyl (C=O) groups excluding carboxylic acids is 1. The molecular formula is C29H27N5O3. The second-order valence-corrected chi connectivity index (χ2v) is 9.44. The molecule has 0 unspecified atom stereocenters. The maximum Gasteiger partial charge on any atom is 0.298 e. The highest BCUT2D eigenvalue weighted by atomic mass is 16.4. The molecule has 0 spiro atoms. The number of amides is 1. The van der Waals surface area contributed by atoms with E-state index in [-0.39, 0.29) is 23.9 Å². The molecule has 0 saturated carbocycles. The Labute approximate surface area is 213 Å². The zero-order chi connectivity index (χ0) is 25.2. The summed E-state index contributed by atoms with van der Waals surface area (Å²) in [4.78, 5) is 42.5. The van der Waals surface area contributed by atoms with E-state index in [1.807, 2.05) is 77.7 Å². The average Bonchev–Trinajstić information content (AvgIpc) is 3.38. The number of hydrogen-bond donors (Lipinski definition) is 1. The molecule has 0 atom stereocenters. The molecule has 1 aliphatic heterocycles. The summed E-state index contributed by atoms with van der Waals surface area (Å²) >= 11 is 0. The van der Waals surface area contributed by atoms with Crippen LogP contribution in [0.15, 0.2) is 88.1 Å². The molecule has 1 saturated heterocycles.